The first-order valence-corrected chi connectivity index (χ1v) is 4.86. The number of benzene rings is 1. The maximum Gasteiger partial charge on any atom is 0.195 e. The fourth-order valence-electron chi connectivity index (χ4n) is 1.22. The van der Waals surface area contributed by atoms with Crippen molar-refractivity contribution in [3.8, 4) is 5.75 Å². The van der Waals surface area contributed by atoms with Crippen LogP contribution in [-0.2, 0) is 0 Å². The zero-order valence-electron chi connectivity index (χ0n) is 9.40. The molecule has 0 bridgehead atoms. The van der Waals surface area contributed by atoms with Gasteiger partial charge in [0.1, 0.15) is 5.75 Å². The van der Waals surface area contributed by atoms with Gasteiger partial charge in [-0.15, -0.1) is 0 Å². The van der Waals surface area contributed by atoms with Gasteiger partial charge in [0.25, 0.3) is 0 Å². The molecule has 4 heteroatoms. The summed E-state index contributed by atoms with van der Waals surface area (Å²) < 4.78 is 5.14. The van der Waals surface area contributed by atoms with Gasteiger partial charge in [0.2, 0.25) is 0 Å². The van der Waals surface area contributed by atoms with Gasteiger partial charge < -0.3 is 15.4 Å². The molecule has 4 nitrogen and oxygen atoms in total. The van der Waals surface area contributed by atoms with E-state index < -0.39 is 0 Å². The largest absolute Gasteiger partial charge is 0.497 e. The van der Waals surface area contributed by atoms with Crippen molar-refractivity contribution in [2.75, 3.05) is 25.6 Å². The number of anilines is 1. The molecule has 15 heavy (non-hydrogen) atoms. The van der Waals surface area contributed by atoms with Crippen molar-refractivity contribution in [2.45, 2.75) is 6.92 Å². The number of nitrogens with zero attached hydrogens (tertiary/aromatic N) is 2. The predicted octanol–water partition coefficient (Wildman–Crippen LogP) is 1.47. The van der Waals surface area contributed by atoms with Gasteiger partial charge in [-0.1, -0.05) is 6.07 Å². The minimum Gasteiger partial charge on any atom is -0.497 e. The molecule has 0 aliphatic carbocycles. The SMILES string of the molecule is CCN=C(N)N(C)c1cccc(OC)c1. The van der Waals surface area contributed by atoms with E-state index in [2.05, 4.69) is 4.99 Å². The molecule has 0 spiro atoms. The van der Waals surface area contributed by atoms with Crippen LogP contribution in [0.15, 0.2) is 29.3 Å². The van der Waals surface area contributed by atoms with E-state index in [1.165, 1.54) is 0 Å². The highest BCUT2D eigenvalue weighted by atomic mass is 16.5. The summed E-state index contributed by atoms with van der Waals surface area (Å²) in [5, 5.41) is 0. The third-order valence-electron chi connectivity index (χ3n) is 2.10. The van der Waals surface area contributed by atoms with Crippen molar-refractivity contribution in [3.05, 3.63) is 24.3 Å². The van der Waals surface area contributed by atoms with Crippen molar-refractivity contribution in [2.24, 2.45) is 10.7 Å². The Morgan fingerprint density at radius 1 is 1.53 bits per heavy atom. The highest BCUT2D eigenvalue weighted by Gasteiger charge is 2.04. The lowest BCUT2D eigenvalue weighted by Gasteiger charge is -2.18. The number of ether oxygens (including phenoxy) is 1. The predicted molar refractivity (Wildman–Crippen MR) is 63.6 cm³/mol. The Morgan fingerprint density at radius 2 is 2.27 bits per heavy atom. The van der Waals surface area contributed by atoms with E-state index in [9.17, 15) is 0 Å². The lowest BCUT2D eigenvalue weighted by atomic mass is 10.3. The van der Waals surface area contributed by atoms with E-state index in [0.717, 1.165) is 11.4 Å². The Hall–Kier alpha value is -1.71. The van der Waals surface area contributed by atoms with Gasteiger partial charge in [-0.2, -0.15) is 0 Å². The molecule has 1 rings (SSSR count). The molecule has 0 aromatic heterocycles. The van der Waals surface area contributed by atoms with Crippen LogP contribution in [0, 0.1) is 0 Å². The van der Waals surface area contributed by atoms with E-state index in [4.69, 9.17) is 10.5 Å². The first-order chi connectivity index (χ1) is 7.19. The van der Waals surface area contributed by atoms with Gasteiger partial charge >= 0.3 is 0 Å². The fraction of sp³-hybridized carbons (Fsp3) is 0.364. The molecule has 0 saturated heterocycles. The van der Waals surface area contributed by atoms with Crippen molar-refractivity contribution in [1.29, 1.82) is 0 Å². The van der Waals surface area contributed by atoms with Crippen LogP contribution in [-0.4, -0.2) is 26.7 Å². The summed E-state index contributed by atoms with van der Waals surface area (Å²) in [5.41, 5.74) is 6.75. The molecule has 1 aromatic rings. The van der Waals surface area contributed by atoms with Gasteiger partial charge in [0.15, 0.2) is 5.96 Å². The number of methoxy groups -OCH3 is 1. The van der Waals surface area contributed by atoms with Crippen molar-refractivity contribution < 1.29 is 4.74 Å². The molecule has 82 valence electrons. The molecule has 0 aliphatic rings. The third-order valence-corrected chi connectivity index (χ3v) is 2.10. The third kappa shape index (κ3) is 2.87. The Morgan fingerprint density at radius 3 is 2.87 bits per heavy atom. The second kappa shape index (κ2) is 5.24. The quantitative estimate of drug-likeness (QED) is 0.603. The van der Waals surface area contributed by atoms with Crippen LogP contribution in [0.25, 0.3) is 0 Å². The summed E-state index contributed by atoms with van der Waals surface area (Å²) in [6, 6.07) is 7.69. The van der Waals surface area contributed by atoms with E-state index in [1.807, 2.05) is 43.1 Å². The molecule has 0 unspecified atom stereocenters. The van der Waals surface area contributed by atoms with Crippen LogP contribution in [0.5, 0.6) is 5.75 Å². The van der Waals surface area contributed by atoms with Crippen LogP contribution in [0.2, 0.25) is 0 Å². The molecule has 0 amide bonds. The topological polar surface area (TPSA) is 50.8 Å². The highest BCUT2D eigenvalue weighted by Crippen LogP contribution is 2.19. The minimum atomic E-state index is 0.505. The summed E-state index contributed by atoms with van der Waals surface area (Å²) in [7, 11) is 3.52. The number of aliphatic imine (C=N–C) groups is 1. The van der Waals surface area contributed by atoms with E-state index in [-0.39, 0.29) is 0 Å². The van der Waals surface area contributed by atoms with Gasteiger partial charge in [0, 0.05) is 25.3 Å². The molecule has 0 heterocycles. The lowest BCUT2D eigenvalue weighted by Crippen LogP contribution is -2.34. The number of hydrogen-bond donors (Lipinski definition) is 1. The first-order valence-electron chi connectivity index (χ1n) is 4.86. The van der Waals surface area contributed by atoms with Crippen LogP contribution in [0.1, 0.15) is 6.92 Å². The summed E-state index contributed by atoms with van der Waals surface area (Å²) in [6.45, 7) is 2.63. The summed E-state index contributed by atoms with van der Waals surface area (Å²) >= 11 is 0. The monoisotopic (exact) mass is 207 g/mol. The van der Waals surface area contributed by atoms with E-state index >= 15 is 0 Å². The maximum absolute atomic E-state index is 5.79. The van der Waals surface area contributed by atoms with Crippen LogP contribution < -0.4 is 15.4 Å². The van der Waals surface area contributed by atoms with Crippen molar-refractivity contribution in [3.63, 3.8) is 0 Å². The standard InChI is InChI=1S/C11H17N3O/c1-4-13-11(12)14(2)9-6-5-7-10(8-9)15-3/h5-8H,4H2,1-3H3,(H2,12,13). The second-order valence-electron chi connectivity index (χ2n) is 3.09. The molecule has 2 N–H and O–H groups in total. The minimum absolute atomic E-state index is 0.505. The Labute approximate surface area is 90.4 Å². The fourth-order valence-corrected chi connectivity index (χ4v) is 1.22. The van der Waals surface area contributed by atoms with E-state index in [1.54, 1.807) is 7.11 Å². The van der Waals surface area contributed by atoms with Crippen LogP contribution >= 0.6 is 0 Å². The van der Waals surface area contributed by atoms with Crippen molar-refractivity contribution in [1.82, 2.24) is 0 Å². The van der Waals surface area contributed by atoms with E-state index in [0.29, 0.717) is 12.5 Å². The van der Waals surface area contributed by atoms with Gasteiger partial charge in [-0.05, 0) is 19.1 Å². The maximum atomic E-state index is 5.79. The van der Waals surface area contributed by atoms with Crippen molar-refractivity contribution >= 4 is 11.6 Å². The average Bonchev–Trinajstić information content (AvgIpc) is 2.28. The van der Waals surface area contributed by atoms with Gasteiger partial charge in [-0.25, -0.2) is 0 Å². The summed E-state index contributed by atoms with van der Waals surface area (Å²) in [5.74, 6) is 1.31. The Balaban J connectivity index is 2.90. The number of hydrogen-bond acceptors (Lipinski definition) is 2. The number of rotatable bonds is 3. The molecule has 1 aromatic carbocycles. The number of nitrogens with two attached hydrogens (primary N) is 1. The number of guanidine groups is 1. The molecular formula is C11H17N3O. The summed E-state index contributed by atoms with van der Waals surface area (Å²) in [4.78, 5) is 5.96. The van der Waals surface area contributed by atoms with Gasteiger partial charge in [-0.3, -0.25) is 4.99 Å². The molecule has 0 saturated carbocycles. The van der Waals surface area contributed by atoms with Crippen LogP contribution in [0.4, 0.5) is 5.69 Å². The first kappa shape index (κ1) is 11.4. The van der Waals surface area contributed by atoms with Crippen LogP contribution in [0.3, 0.4) is 0 Å². The Bertz CT molecular complexity index is 349. The highest BCUT2D eigenvalue weighted by molar-refractivity contribution is 5.94. The smallest absolute Gasteiger partial charge is 0.195 e. The molecule has 0 radical (unpaired) electrons. The summed E-state index contributed by atoms with van der Waals surface area (Å²) in [6.07, 6.45) is 0. The second-order valence-corrected chi connectivity index (χ2v) is 3.09. The molecule has 0 aliphatic heterocycles. The lowest BCUT2D eigenvalue weighted by molar-refractivity contribution is 0.415. The average molecular weight is 207 g/mol. The zero-order chi connectivity index (χ0) is 11.3. The zero-order valence-corrected chi connectivity index (χ0v) is 9.40. The normalized spacial score (nSPS) is 11.3. The van der Waals surface area contributed by atoms with Gasteiger partial charge in [0.05, 0.1) is 7.11 Å². The molecular weight excluding hydrogens is 190 g/mol. The molecule has 0 fully saturated rings. The Kier molecular flexibility index (Phi) is 3.97. The molecule has 0 atom stereocenters.